The second-order valence-electron chi connectivity index (χ2n) is 21.8. The molecular weight excluding hydrogens is 931 g/mol. The third-order valence-corrected chi connectivity index (χ3v) is 16.6. The highest BCUT2D eigenvalue weighted by Gasteiger charge is 2.37. The van der Waals surface area contributed by atoms with E-state index >= 15 is 0 Å². The zero-order valence-electron chi connectivity index (χ0n) is 43.8. The largest absolute Gasteiger partial charge is 0.317 e. The second kappa shape index (κ2) is 18.1. The minimum Gasteiger partial charge on any atom is -0.317 e. The summed E-state index contributed by atoms with van der Waals surface area (Å²) in [7, 11) is 0. The van der Waals surface area contributed by atoms with Gasteiger partial charge in [0.05, 0.1) is 5.52 Å². The van der Waals surface area contributed by atoms with Gasteiger partial charge in [-0.25, -0.2) is 0 Å². The summed E-state index contributed by atoms with van der Waals surface area (Å²) in [5.41, 5.74) is 26.0. The zero-order chi connectivity index (χ0) is 51.8. The quantitative estimate of drug-likeness (QED) is 0.135. The van der Waals surface area contributed by atoms with Crippen molar-refractivity contribution < 1.29 is 0 Å². The van der Waals surface area contributed by atoms with Gasteiger partial charge in [0.2, 0.25) is 0 Å². The van der Waals surface area contributed by atoms with Crippen molar-refractivity contribution in [3.63, 3.8) is 0 Å². The van der Waals surface area contributed by atoms with E-state index in [0.29, 0.717) is 0 Å². The van der Waals surface area contributed by atoms with Crippen LogP contribution in [0.15, 0.2) is 273 Å². The average molecular weight is 988 g/mol. The lowest BCUT2D eigenvalue weighted by Gasteiger charge is -2.32. The van der Waals surface area contributed by atoms with E-state index in [2.05, 4.69) is 315 Å². The number of anilines is 6. The molecule has 14 rings (SSSR count). The summed E-state index contributed by atoms with van der Waals surface area (Å²) in [6, 6.07) is 98.7. The van der Waals surface area contributed by atoms with Crippen molar-refractivity contribution in [3.8, 4) is 61.3 Å². The number of hydrogen-bond donors (Lipinski definition) is 0. The topological polar surface area (TPSA) is 11.4 Å². The molecule has 0 N–H and O–H groups in total. The molecule has 3 nitrogen and oxygen atoms in total. The van der Waals surface area contributed by atoms with Crippen molar-refractivity contribution in [2.24, 2.45) is 0 Å². The van der Waals surface area contributed by atoms with E-state index in [1.807, 2.05) is 0 Å². The van der Waals surface area contributed by atoms with Crippen LogP contribution in [0.25, 0.3) is 72.2 Å². The van der Waals surface area contributed by atoms with E-state index < -0.39 is 0 Å². The van der Waals surface area contributed by atoms with Crippen molar-refractivity contribution in [1.82, 2.24) is 4.57 Å². The fraction of sp³-hybridized carbons (Fsp3) is 0.0811. The van der Waals surface area contributed by atoms with Gasteiger partial charge in [-0.05, 0) is 175 Å². The Bertz CT molecular complexity index is 3970. The summed E-state index contributed by atoms with van der Waals surface area (Å²) in [4.78, 5) is 4.95. The van der Waals surface area contributed by atoms with E-state index in [4.69, 9.17) is 0 Å². The lowest BCUT2D eigenvalue weighted by Crippen LogP contribution is -2.17. The minimum absolute atomic E-state index is 0.187. The number of aromatic nitrogens is 1. The number of hydrogen-bond acceptors (Lipinski definition) is 2. The first-order valence-corrected chi connectivity index (χ1v) is 26.9. The van der Waals surface area contributed by atoms with Crippen LogP contribution >= 0.6 is 0 Å². The van der Waals surface area contributed by atoms with Gasteiger partial charge in [-0.2, -0.15) is 0 Å². The van der Waals surface area contributed by atoms with E-state index in [9.17, 15) is 0 Å². The van der Waals surface area contributed by atoms with Crippen molar-refractivity contribution in [1.29, 1.82) is 0 Å². The molecule has 1 heterocycles. The summed E-state index contributed by atoms with van der Waals surface area (Å²) in [6.45, 7) is 9.49. The maximum Gasteiger partial charge on any atom is 0.0528 e. The van der Waals surface area contributed by atoms with Crippen molar-refractivity contribution in [2.75, 3.05) is 9.80 Å². The highest BCUT2D eigenvalue weighted by Crippen LogP contribution is 2.53. The van der Waals surface area contributed by atoms with Crippen molar-refractivity contribution >= 4 is 45.0 Å². The molecule has 2 aliphatic carbocycles. The fourth-order valence-corrected chi connectivity index (χ4v) is 12.6. The SMILES string of the molecule is CC1(C)c2ccccc2-c2ccc(N(c3ccc(-c4ccccc4)cc3)c3cc(-c4ccc5c(ccn5-c5ccccc5)c4)cc(N(c4ccc(-c5ccccc5)cc4)c4ccc5c(c4)C(C)(C)c4ccccc4-5)c3)cc21. The van der Waals surface area contributed by atoms with Gasteiger partial charge in [0, 0.05) is 62.2 Å². The van der Waals surface area contributed by atoms with Crippen LogP contribution in [0.3, 0.4) is 0 Å². The first-order chi connectivity index (χ1) is 37.7. The maximum atomic E-state index is 2.48. The molecular formula is C74H57N3. The maximum absolute atomic E-state index is 2.48. The number of benzene rings is 11. The zero-order valence-corrected chi connectivity index (χ0v) is 43.8. The molecule has 2 aliphatic rings. The van der Waals surface area contributed by atoms with Gasteiger partial charge in [0.25, 0.3) is 0 Å². The number of para-hydroxylation sites is 1. The molecule has 0 aliphatic heterocycles. The van der Waals surface area contributed by atoms with Crippen LogP contribution in [0.2, 0.25) is 0 Å². The van der Waals surface area contributed by atoms with Crippen LogP contribution in [0.4, 0.5) is 34.1 Å². The van der Waals surface area contributed by atoms with Crippen LogP contribution in [-0.4, -0.2) is 4.57 Å². The van der Waals surface area contributed by atoms with Gasteiger partial charge in [0.1, 0.15) is 0 Å². The first kappa shape index (κ1) is 46.1. The van der Waals surface area contributed by atoms with E-state index in [1.54, 1.807) is 0 Å². The Labute approximate surface area is 452 Å². The Morgan fingerprint density at radius 1 is 0.273 bits per heavy atom. The molecule has 0 saturated heterocycles. The number of rotatable bonds is 10. The third kappa shape index (κ3) is 7.80. The van der Waals surface area contributed by atoms with Crippen LogP contribution in [0, 0.1) is 0 Å². The molecule has 1 aromatic heterocycles. The highest BCUT2D eigenvalue weighted by molar-refractivity contribution is 5.94. The van der Waals surface area contributed by atoms with Gasteiger partial charge in [-0.3, -0.25) is 0 Å². The van der Waals surface area contributed by atoms with E-state index in [1.165, 1.54) is 77.7 Å². The summed E-state index contributed by atoms with van der Waals surface area (Å²) in [6.07, 6.45) is 2.19. The standard InChI is InChI=1S/C74H57N3/c1-73(2)68-26-16-14-24-64(68)66-39-37-60(48-70(66)73)76(58-33-28-52(29-34-58)50-18-8-5-9-19-50)62-45-56(54-32-41-72-55(44-54)42-43-75(72)57-22-12-7-13-23-57)46-63(47-62)77(59-35-30-53(31-36-59)51-20-10-6-11-21-51)61-38-40-67-65-25-15-17-27-69(65)74(3,4)71(67)49-61/h5-49H,1-4H3. The van der Waals surface area contributed by atoms with Gasteiger partial charge in [0.15, 0.2) is 0 Å². The Morgan fingerprint density at radius 3 is 1.17 bits per heavy atom. The lowest BCUT2D eigenvalue weighted by atomic mass is 9.82. The van der Waals surface area contributed by atoms with E-state index in [0.717, 1.165) is 50.9 Å². The molecule has 0 atom stereocenters. The molecule has 11 aromatic carbocycles. The third-order valence-electron chi connectivity index (χ3n) is 16.6. The first-order valence-electron chi connectivity index (χ1n) is 26.9. The van der Waals surface area contributed by atoms with Crippen LogP contribution in [0.1, 0.15) is 49.9 Å². The molecule has 368 valence electrons. The molecule has 0 radical (unpaired) electrons. The molecule has 3 heteroatoms. The predicted molar refractivity (Wildman–Crippen MR) is 324 cm³/mol. The van der Waals surface area contributed by atoms with Gasteiger partial charge < -0.3 is 14.4 Å². The minimum atomic E-state index is -0.187. The van der Waals surface area contributed by atoms with Crippen LogP contribution in [0.5, 0.6) is 0 Å². The molecule has 0 amide bonds. The molecule has 0 bridgehead atoms. The Kier molecular flexibility index (Phi) is 10.9. The summed E-state index contributed by atoms with van der Waals surface area (Å²) in [5.74, 6) is 0. The average Bonchev–Trinajstić information content (AvgIpc) is 4.10. The monoisotopic (exact) mass is 987 g/mol. The second-order valence-corrected chi connectivity index (χ2v) is 21.8. The normalized spacial score (nSPS) is 13.4. The van der Waals surface area contributed by atoms with Gasteiger partial charge in [-0.15, -0.1) is 0 Å². The van der Waals surface area contributed by atoms with Gasteiger partial charge in [-0.1, -0.05) is 198 Å². The molecule has 0 unspecified atom stereocenters. The molecule has 0 saturated carbocycles. The molecule has 0 fully saturated rings. The number of fused-ring (bicyclic) bond motifs is 7. The highest BCUT2D eigenvalue weighted by atomic mass is 15.2. The molecule has 0 spiro atoms. The Balaban J connectivity index is 1.01. The van der Waals surface area contributed by atoms with Crippen molar-refractivity contribution in [2.45, 2.75) is 38.5 Å². The summed E-state index contributed by atoms with van der Waals surface area (Å²) >= 11 is 0. The number of nitrogens with zero attached hydrogens (tertiary/aromatic N) is 3. The Hall–Kier alpha value is -9.44. The summed E-state index contributed by atoms with van der Waals surface area (Å²) < 4.78 is 2.28. The van der Waals surface area contributed by atoms with Crippen molar-refractivity contribution in [3.05, 3.63) is 295 Å². The molecule has 12 aromatic rings. The summed E-state index contributed by atoms with van der Waals surface area (Å²) in [5, 5.41) is 1.18. The van der Waals surface area contributed by atoms with Crippen LogP contribution < -0.4 is 9.80 Å². The smallest absolute Gasteiger partial charge is 0.0528 e. The molecule has 77 heavy (non-hydrogen) atoms. The predicted octanol–water partition coefficient (Wildman–Crippen LogP) is 20.2. The lowest BCUT2D eigenvalue weighted by molar-refractivity contribution is 0.660. The van der Waals surface area contributed by atoms with Crippen LogP contribution in [-0.2, 0) is 10.8 Å². The van der Waals surface area contributed by atoms with E-state index in [-0.39, 0.29) is 10.8 Å². The fourth-order valence-electron chi connectivity index (χ4n) is 12.6. The Morgan fingerprint density at radius 2 is 0.675 bits per heavy atom. The van der Waals surface area contributed by atoms with Gasteiger partial charge >= 0.3 is 0 Å².